The predicted octanol–water partition coefficient (Wildman–Crippen LogP) is 5.23. The fourth-order valence-electron chi connectivity index (χ4n) is 4.88. The minimum atomic E-state index is -4.13. The van der Waals surface area contributed by atoms with Crippen molar-refractivity contribution >= 4 is 15.8 Å². The number of benzene rings is 2. The number of anilines is 1. The average Bonchev–Trinajstić information content (AvgIpc) is 3.29. The molecule has 0 amide bonds. The minimum absolute atomic E-state index is 0.0945. The molecule has 4 aromatic rings. The maximum Gasteiger partial charge on any atom is 0.268 e. The summed E-state index contributed by atoms with van der Waals surface area (Å²) in [4.78, 5) is 20.4. The van der Waals surface area contributed by atoms with E-state index in [1.54, 1.807) is 45.0 Å². The molecule has 0 bridgehead atoms. The average molecular weight is 595 g/mol. The van der Waals surface area contributed by atoms with Crippen molar-refractivity contribution in [3.05, 3.63) is 92.4 Å². The van der Waals surface area contributed by atoms with Crippen molar-refractivity contribution < 1.29 is 22.4 Å². The van der Waals surface area contributed by atoms with E-state index in [2.05, 4.69) is 22.0 Å². The van der Waals surface area contributed by atoms with E-state index in [1.165, 1.54) is 7.11 Å². The summed E-state index contributed by atoms with van der Waals surface area (Å²) in [6.45, 7) is 9.73. The Morgan fingerprint density at radius 2 is 1.81 bits per heavy atom. The first-order chi connectivity index (χ1) is 20.1. The summed E-state index contributed by atoms with van der Waals surface area (Å²) in [6.07, 6.45) is 1.97. The topological polar surface area (TPSA) is 128 Å². The van der Waals surface area contributed by atoms with Crippen molar-refractivity contribution in [1.82, 2.24) is 15.1 Å². The number of hydrogen-bond acceptors (Lipinski definition) is 8. The second-order valence-corrected chi connectivity index (χ2v) is 11.9. The lowest BCUT2D eigenvalue weighted by molar-refractivity contribution is 0.134. The predicted molar refractivity (Wildman–Crippen MR) is 161 cm³/mol. The van der Waals surface area contributed by atoms with Gasteiger partial charge in [-0.3, -0.25) is 4.79 Å². The van der Waals surface area contributed by atoms with Crippen LogP contribution in [-0.4, -0.2) is 44.0 Å². The highest BCUT2D eigenvalue weighted by Crippen LogP contribution is 2.35. The van der Waals surface area contributed by atoms with E-state index in [1.807, 2.05) is 25.1 Å². The Bertz CT molecular complexity index is 1710. The molecule has 0 aliphatic heterocycles. The highest BCUT2D eigenvalue weighted by molar-refractivity contribution is 7.93. The summed E-state index contributed by atoms with van der Waals surface area (Å²) in [7, 11) is -2.70. The van der Waals surface area contributed by atoms with Gasteiger partial charge in [0.1, 0.15) is 18.3 Å². The van der Waals surface area contributed by atoms with Crippen LogP contribution in [0.5, 0.6) is 0 Å². The SMILES string of the molecule is CCCc1nc(C)[nH]c(=O)c1Cc1ccc(-c2ccccc2S(=O)(=O)N(COC)c2noc(C)c2C)c(COCC)c1. The number of ether oxygens (including phenoxy) is 2. The van der Waals surface area contributed by atoms with Crippen LogP contribution in [-0.2, 0) is 38.9 Å². The van der Waals surface area contributed by atoms with Crippen molar-refractivity contribution in [3.63, 3.8) is 0 Å². The van der Waals surface area contributed by atoms with Crippen LogP contribution in [0.1, 0.15) is 59.8 Å². The zero-order chi connectivity index (χ0) is 30.4. The van der Waals surface area contributed by atoms with E-state index in [0.717, 1.165) is 27.5 Å². The van der Waals surface area contributed by atoms with Crippen molar-refractivity contribution in [3.8, 4) is 11.1 Å². The van der Waals surface area contributed by atoms with Crippen LogP contribution in [0, 0.1) is 20.8 Å². The third-order valence-electron chi connectivity index (χ3n) is 7.08. The number of rotatable bonds is 13. The van der Waals surface area contributed by atoms with Gasteiger partial charge in [0.15, 0.2) is 5.82 Å². The molecule has 2 aromatic carbocycles. The Hall–Kier alpha value is -3.80. The largest absolute Gasteiger partial charge is 0.377 e. The van der Waals surface area contributed by atoms with Crippen LogP contribution in [0.15, 0.2) is 56.7 Å². The number of methoxy groups -OCH3 is 1. The summed E-state index contributed by atoms with van der Waals surface area (Å²) in [5.74, 6) is 1.29. The second kappa shape index (κ2) is 13.5. The molecule has 2 heterocycles. The molecule has 224 valence electrons. The second-order valence-electron chi connectivity index (χ2n) is 10.1. The summed E-state index contributed by atoms with van der Waals surface area (Å²) in [5, 5.41) is 4.01. The van der Waals surface area contributed by atoms with Crippen molar-refractivity contribution in [2.24, 2.45) is 0 Å². The van der Waals surface area contributed by atoms with Gasteiger partial charge < -0.3 is 19.0 Å². The van der Waals surface area contributed by atoms with E-state index < -0.39 is 10.0 Å². The first-order valence-corrected chi connectivity index (χ1v) is 15.4. The van der Waals surface area contributed by atoms with Gasteiger partial charge in [-0.1, -0.05) is 54.9 Å². The molecule has 0 radical (unpaired) electrons. The molecule has 0 atom stereocenters. The Morgan fingerprint density at radius 1 is 1.05 bits per heavy atom. The van der Waals surface area contributed by atoms with E-state index in [4.69, 9.17) is 14.0 Å². The number of nitrogens with one attached hydrogen (secondary N) is 1. The smallest absolute Gasteiger partial charge is 0.268 e. The lowest BCUT2D eigenvalue weighted by Crippen LogP contribution is -2.34. The van der Waals surface area contributed by atoms with E-state index >= 15 is 0 Å². The maximum absolute atomic E-state index is 14.2. The molecule has 11 heteroatoms. The third kappa shape index (κ3) is 6.48. The molecule has 10 nitrogen and oxygen atoms in total. The number of aromatic nitrogens is 3. The summed E-state index contributed by atoms with van der Waals surface area (Å²) in [6, 6.07) is 12.6. The third-order valence-corrected chi connectivity index (χ3v) is 8.85. The van der Waals surface area contributed by atoms with Gasteiger partial charge >= 0.3 is 0 Å². The molecule has 0 spiro atoms. The first-order valence-electron chi connectivity index (χ1n) is 13.9. The van der Waals surface area contributed by atoms with Crippen LogP contribution in [0.4, 0.5) is 5.82 Å². The molecule has 4 rings (SSSR count). The van der Waals surface area contributed by atoms with Gasteiger partial charge in [-0.25, -0.2) is 17.7 Å². The maximum atomic E-state index is 14.2. The normalized spacial score (nSPS) is 11.7. The molecule has 42 heavy (non-hydrogen) atoms. The summed E-state index contributed by atoms with van der Waals surface area (Å²) < 4.78 is 45.8. The number of aromatic amines is 1. The Kier molecular flexibility index (Phi) is 9.97. The van der Waals surface area contributed by atoms with Gasteiger partial charge in [-0.15, -0.1) is 0 Å². The molecule has 0 aliphatic rings. The van der Waals surface area contributed by atoms with Gasteiger partial charge in [0.25, 0.3) is 15.6 Å². The monoisotopic (exact) mass is 594 g/mol. The lowest BCUT2D eigenvalue weighted by Gasteiger charge is -2.23. The Balaban J connectivity index is 1.82. The number of sulfonamides is 1. The van der Waals surface area contributed by atoms with Crippen LogP contribution >= 0.6 is 0 Å². The summed E-state index contributed by atoms with van der Waals surface area (Å²) >= 11 is 0. The first kappa shape index (κ1) is 31.1. The molecule has 1 N–H and O–H groups in total. The van der Waals surface area contributed by atoms with Crippen LogP contribution in [0.25, 0.3) is 11.1 Å². The van der Waals surface area contributed by atoms with Crippen molar-refractivity contribution in [1.29, 1.82) is 0 Å². The Labute approximate surface area is 246 Å². The highest BCUT2D eigenvalue weighted by atomic mass is 32.2. The minimum Gasteiger partial charge on any atom is -0.377 e. The molecular weight excluding hydrogens is 556 g/mol. The van der Waals surface area contributed by atoms with Crippen LogP contribution < -0.4 is 9.86 Å². The quantitative estimate of drug-likeness (QED) is 0.209. The standard InChI is InChI=1S/C31H38N4O6S/c1-7-11-28-27(31(36)33-22(5)32-28)17-23-14-15-25(24(16-23)18-40-8-2)26-12-9-10-13-29(26)42(37,38)35(19-39-6)30-20(3)21(4)41-34-30/h9-10,12-16H,7-8,11,17-19H2,1-6H3,(H,32,33,36). The Morgan fingerprint density at radius 3 is 2.48 bits per heavy atom. The van der Waals surface area contributed by atoms with Gasteiger partial charge in [-0.2, -0.15) is 0 Å². The van der Waals surface area contributed by atoms with Gasteiger partial charge in [0.2, 0.25) is 0 Å². The molecule has 2 aromatic heterocycles. The number of hydrogen-bond donors (Lipinski definition) is 1. The fraction of sp³-hybridized carbons (Fsp3) is 0.387. The van der Waals surface area contributed by atoms with Crippen molar-refractivity contribution in [2.45, 2.75) is 65.4 Å². The molecule has 0 unspecified atom stereocenters. The van der Waals surface area contributed by atoms with Gasteiger partial charge in [0, 0.05) is 36.8 Å². The zero-order valence-electron chi connectivity index (χ0n) is 25.0. The summed E-state index contributed by atoms with van der Waals surface area (Å²) in [5.41, 5.74) is 4.82. The highest BCUT2D eigenvalue weighted by Gasteiger charge is 2.32. The van der Waals surface area contributed by atoms with Gasteiger partial charge in [0.05, 0.1) is 17.2 Å². The molecule has 0 saturated carbocycles. The van der Waals surface area contributed by atoms with E-state index in [9.17, 15) is 13.2 Å². The zero-order valence-corrected chi connectivity index (χ0v) is 25.8. The molecular formula is C31H38N4O6S. The van der Waals surface area contributed by atoms with Crippen LogP contribution in [0.3, 0.4) is 0 Å². The van der Waals surface area contributed by atoms with Crippen molar-refractivity contribution in [2.75, 3.05) is 24.8 Å². The van der Waals surface area contributed by atoms with E-state index in [0.29, 0.717) is 53.3 Å². The fourth-order valence-corrected chi connectivity index (χ4v) is 6.47. The van der Waals surface area contributed by atoms with Gasteiger partial charge in [-0.05, 0) is 56.9 Å². The number of aryl methyl sites for hydroxylation is 3. The van der Waals surface area contributed by atoms with E-state index in [-0.39, 0.29) is 29.6 Å². The molecule has 0 aliphatic carbocycles. The number of H-pyrrole nitrogens is 1. The lowest BCUT2D eigenvalue weighted by atomic mass is 9.94. The molecule has 0 saturated heterocycles. The molecule has 0 fully saturated rings. The number of nitrogens with zero attached hydrogens (tertiary/aromatic N) is 3. The van der Waals surface area contributed by atoms with Crippen LogP contribution in [0.2, 0.25) is 0 Å².